The van der Waals surface area contributed by atoms with Gasteiger partial charge in [-0.05, 0) is 38.1 Å². The second-order valence-electron chi connectivity index (χ2n) is 8.43. The van der Waals surface area contributed by atoms with Crippen LogP contribution in [-0.4, -0.2) is 49.7 Å². The molecular formula is C24H26FN3O5S. The molecule has 0 saturated carbocycles. The maximum atomic E-state index is 14.8. The number of ether oxygens (including phenoxy) is 2. The van der Waals surface area contributed by atoms with Crippen molar-refractivity contribution in [2.24, 2.45) is 5.14 Å². The average Bonchev–Trinajstić information content (AvgIpc) is 2.78. The summed E-state index contributed by atoms with van der Waals surface area (Å²) in [6.45, 7) is 4.70. The van der Waals surface area contributed by atoms with Gasteiger partial charge in [0, 0.05) is 48.6 Å². The van der Waals surface area contributed by atoms with Crippen LogP contribution < -0.4 is 9.88 Å². The second kappa shape index (κ2) is 9.55. The first-order chi connectivity index (χ1) is 16.1. The normalized spacial score (nSPS) is 15.0. The van der Waals surface area contributed by atoms with Crippen molar-refractivity contribution in [2.75, 3.05) is 13.1 Å². The van der Waals surface area contributed by atoms with Crippen LogP contribution in [0.3, 0.4) is 0 Å². The van der Waals surface area contributed by atoms with E-state index in [2.05, 4.69) is 4.98 Å². The Morgan fingerprint density at radius 2 is 1.88 bits per heavy atom. The van der Waals surface area contributed by atoms with Crippen molar-refractivity contribution < 1.29 is 27.1 Å². The Kier molecular flexibility index (Phi) is 6.72. The van der Waals surface area contributed by atoms with Crippen molar-refractivity contribution in [3.8, 4) is 16.9 Å². The summed E-state index contributed by atoms with van der Waals surface area (Å²) in [6, 6.07) is 10.6. The number of carbonyl (C=O) groups is 1. The number of fused-ring (bicyclic) bond motifs is 1. The molecule has 1 aliphatic heterocycles. The number of aromatic nitrogens is 1. The summed E-state index contributed by atoms with van der Waals surface area (Å²) in [5.41, 5.74) is 1.24. The van der Waals surface area contributed by atoms with E-state index in [0.717, 1.165) is 6.07 Å². The van der Waals surface area contributed by atoms with Gasteiger partial charge in [0.25, 0.3) is 0 Å². The Morgan fingerprint density at radius 1 is 1.15 bits per heavy atom. The number of pyridine rings is 1. The molecule has 2 heterocycles. The van der Waals surface area contributed by atoms with E-state index >= 15 is 0 Å². The van der Waals surface area contributed by atoms with Crippen molar-refractivity contribution in [1.29, 1.82) is 0 Å². The Bertz CT molecular complexity index is 1320. The van der Waals surface area contributed by atoms with Crippen LogP contribution in [-0.2, 0) is 14.8 Å². The molecule has 180 valence electrons. The predicted octanol–water partition coefficient (Wildman–Crippen LogP) is 4.08. The molecular weight excluding hydrogens is 461 g/mol. The number of nitrogens with two attached hydrogens (primary N) is 1. The number of hydrogen-bond donors (Lipinski definition) is 1. The molecule has 1 aliphatic rings. The minimum absolute atomic E-state index is 0.0943. The van der Waals surface area contributed by atoms with E-state index in [1.165, 1.54) is 12.1 Å². The molecule has 10 heteroatoms. The highest BCUT2D eigenvalue weighted by molar-refractivity contribution is 7.89. The zero-order valence-electron chi connectivity index (χ0n) is 18.9. The Morgan fingerprint density at radius 3 is 2.53 bits per heavy atom. The number of amides is 1. The van der Waals surface area contributed by atoms with Crippen molar-refractivity contribution in [3.63, 3.8) is 0 Å². The maximum Gasteiger partial charge on any atom is 0.410 e. The van der Waals surface area contributed by atoms with E-state index in [9.17, 15) is 17.6 Å². The zero-order chi connectivity index (χ0) is 24.5. The zero-order valence-corrected chi connectivity index (χ0v) is 19.7. The Labute approximate surface area is 197 Å². The highest BCUT2D eigenvalue weighted by atomic mass is 32.2. The van der Waals surface area contributed by atoms with Gasteiger partial charge in [-0.1, -0.05) is 18.2 Å². The number of carbonyl (C=O) groups excluding carboxylic acids is 1. The highest BCUT2D eigenvalue weighted by Crippen LogP contribution is 2.35. The first-order valence-electron chi connectivity index (χ1n) is 11.0. The van der Waals surface area contributed by atoms with E-state index in [4.69, 9.17) is 14.6 Å². The molecule has 1 amide bonds. The highest BCUT2D eigenvalue weighted by Gasteiger charge is 2.26. The van der Waals surface area contributed by atoms with Crippen molar-refractivity contribution >= 4 is 27.0 Å². The third-order valence-corrected chi connectivity index (χ3v) is 6.53. The van der Waals surface area contributed by atoms with Gasteiger partial charge in [-0.3, -0.25) is 4.98 Å². The molecule has 0 radical (unpaired) electrons. The minimum atomic E-state index is -4.01. The van der Waals surface area contributed by atoms with Gasteiger partial charge in [0.15, 0.2) is 0 Å². The lowest BCUT2D eigenvalue weighted by Gasteiger charge is -2.32. The van der Waals surface area contributed by atoms with Gasteiger partial charge in [0.2, 0.25) is 10.0 Å². The molecule has 0 bridgehead atoms. The Hall–Kier alpha value is -3.24. The monoisotopic (exact) mass is 487 g/mol. The van der Waals surface area contributed by atoms with Crippen LogP contribution in [0.1, 0.15) is 26.7 Å². The van der Waals surface area contributed by atoms with Crippen LogP contribution in [0, 0.1) is 5.82 Å². The molecule has 0 unspecified atom stereocenters. The standard InChI is InChI=1S/C24H26FN3O5S/c1-15(2)32-24(29)28-12-9-16(10-13-28)33-22-8-11-27-23-19(4-3-5-20(22)23)18-7-6-17(14-21(18)25)34(26,30)31/h3-8,11,14-16H,9-10,12-13H2,1-2H3,(H2,26,30,31). The van der Waals surface area contributed by atoms with Crippen LogP contribution >= 0.6 is 0 Å². The number of para-hydroxylation sites is 1. The number of benzene rings is 2. The molecule has 3 aromatic rings. The van der Waals surface area contributed by atoms with E-state index < -0.39 is 15.8 Å². The maximum absolute atomic E-state index is 14.8. The summed E-state index contributed by atoms with van der Waals surface area (Å²) >= 11 is 0. The number of halogens is 1. The molecule has 0 atom stereocenters. The molecule has 1 fully saturated rings. The van der Waals surface area contributed by atoms with Crippen LogP contribution in [0.2, 0.25) is 0 Å². The van der Waals surface area contributed by atoms with Crippen LogP contribution in [0.5, 0.6) is 5.75 Å². The van der Waals surface area contributed by atoms with Gasteiger partial charge >= 0.3 is 6.09 Å². The summed E-state index contributed by atoms with van der Waals surface area (Å²) < 4.78 is 49.4. The van der Waals surface area contributed by atoms with Crippen LogP contribution in [0.4, 0.5) is 9.18 Å². The molecule has 2 N–H and O–H groups in total. The van der Waals surface area contributed by atoms with Gasteiger partial charge in [0.1, 0.15) is 17.7 Å². The fraction of sp³-hybridized carbons (Fsp3) is 0.333. The summed E-state index contributed by atoms with van der Waals surface area (Å²) in [6.07, 6.45) is 2.32. The van der Waals surface area contributed by atoms with Crippen LogP contribution in [0.15, 0.2) is 53.6 Å². The van der Waals surface area contributed by atoms with Gasteiger partial charge < -0.3 is 14.4 Å². The number of nitrogens with zero attached hydrogens (tertiary/aromatic N) is 2. The van der Waals surface area contributed by atoms with Crippen molar-refractivity contribution in [1.82, 2.24) is 9.88 Å². The first-order valence-corrected chi connectivity index (χ1v) is 12.5. The second-order valence-corrected chi connectivity index (χ2v) is 10.00. The molecule has 2 aromatic carbocycles. The summed E-state index contributed by atoms with van der Waals surface area (Å²) in [5, 5.41) is 5.81. The minimum Gasteiger partial charge on any atom is -0.490 e. The topological polar surface area (TPSA) is 112 Å². The average molecular weight is 488 g/mol. The third kappa shape index (κ3) is 5.13. The summed E-state index contributed by atoms with van der Waals surface area (Å²) in [5.74, 6) is -0.107. The van der Waals surface area contributed by atoms with Gasteiger partial charge in [-0.25, -0.2) is 22.7 Å². The number of piperidine rings is 1. The van der Waals surface area contributed by atoms with E-state index in [0.29, 0.717) is 48.1 Å². The number of primary sulfonamides is 1. The fourth-order valence-corrected chi connectivity index (χ4v) is 4.50. The molecule has 1 aromatic heterocycles. The quantitative estimate of drug-likeness (QED) is 0.581. The molecule has 0 aliphatic carbocycles. The van der Waals surface area contributed by atoms with E-state index in [-0.39, 0.29) is 28.8 Å². The van der Waals surface area contributed by atoms with Crippen LogP contribution in [0.25, 0.3) is 22.0 Å². The van der Waals surface area contributed by atoms with E-state index in [1.807, 2.05) is 19.9 Å². The van der Waals surface area contributed by atoms with Crippen molar-refractivity contribution in [2.45, 2.75) is 43.8 Å². The smallest absolute Gasteiger partial charge is 0.410 e. The van der Waals surface area contributed by atoms with E-state index in [1.54, 1.807) is 29.3 Å². The number of likely N-dealkylation sites (tertiary alicyclic amines) is 1. The lowest BCUT2D eigenvalue weighted by atomic mass is 10.0. The first kappa shape index (κ1) is 23.9. The number of hydrogen-bond acceptors (Lipinski definition) is 6. The number of rotatable bonds is 5. The molecule has 4 rings (SSSR count). The third-order valence-electron chi connectivity index (χ3n) is 5.62. The molecule has 8 nitrogen and oxygen atoms in total. The predicted molar refractivity (Wildman–Crippen MR) is 125 cm³/mol. The molecule has 1 saturated heterocycles. The largest absolute Gasteiger partial charge is 0.490 e. The summed E-state index contributed by atoms with van der Waals surface area (Å²) in [7, 11) is -4.01. The SMILES string of the molecule is CC(C)OC(=O)N1CCC(Oc2ccnc3c(-c4ccc(S(N)(=O)=O)cc4F)cccc23)CC1. The lowest BCUT2D eigenvalue weighted by molar-refractivity contribution is 0.0520. The lowest BCUT2D eigenvalue weighted by Crippen LogP contribution is -2.42. The molecule has 34 heavy (non-hydrogen) atoms. The molecule has 0 spiro atoms. The van der Waals surface area contributed by atoms with Gasteiger partial charge in [0.05, 0.1) is 16.5 Å². The Balaban J connectivity index is 1.57. The van der Waals surface area contributed by atoms with Gasteiger partial charge in [-0.2, -0.15) is 0 Å². The fourth-order valence-electron chi connectivity index (χ4n) is 3.97. The summed E-state index contributed by atoms with van der Waals surface area (Å²) in [4.78, 5) is 17.9. The van der Waals surface area contributed by atoms with Gasteiger partial charge in [-0.15, -0.1) is 0 Å². The van der Waals surface area contributed by atoms with Crippen molar-refractivity contribution in [3.05, 3.63) is 54.5 Å². The number of sulfonamides is 1.